The molecule has 2 unspecified atom stereocenters. The number of alkyl halides is 3. The van der Waals surface area contributed by atoms with Gasteiger partial charge in [0.05, 0.1) is 23.1 Å². The van der Waals surface area contributed by atoms with Gasteiger partial charge in [0.2, 0.25) is 0 Å². The normalized spacial score (nSPS) is 21.2. The van der Waals surface area contributed by atoms with Gasteiger partial charge >= 0.3 is 18.3 Å². The molecule has 7 nitrogen and oxygen atoms in total. The van der Waals surface area contributed by atoms with Crippen LogP contribution in [0.1, 0.15) is 30.5 Å². The quantitative estimate of drug-likeness (QED) is 0.805. The molecular weight excluding hydrogens is 349 g/mol. The maximum Gasteiger partial charge on any atom is 0.434 e. The third kappa shape index (κ3) is 3.09. The minimum absolute atomic E-state index is 0.0228. The van der Waals surface area contributed by atoms with E-state index in [0.717, 1.165) is 5.51 Å². The van der Waals surface area contributed by atoms with Crippen molar-refractivity contribution in [2.24, 2.45) is 10.9 Å². The number of halogens is 3. The predicted molar refractivity (Wildman–Crippen MR) is 76.3 cm³/mol. The van der Waals surface area contributed by atoms with Crippen molar-refractivity contribution in [1.82, 2.24) is 9.88 Å². The molecule has 0 aromatic carbocycles. The molecule has 3 amide bonds. The Labute approximate surface area is 138 Å². The Bertz CT molecular complexity index is 738. The number of imide groups is 1. The van der Waals surface area contributed by atoms with Gasteiger partial charge in [-0.3, -0.25) is 0 Å². The van der Waals surface area contributed by atoms with Gasteiger partial charge in [-0.25, -0.2) is 24.5 Å². The zero-order chi connectivity index (χ0) is 18.1. The summed E-state index contributed by atoms with van der Waals surface area (Å²) in [6, 6.07) is -0.779. The van der Waals surface area contributed by atoms with Gasteiger partial charge in [-0.05, 0) is 13.8 Å². The van der Waals surface area contributed by atoms with Crippen molar-refractivity contribution in [3.05, 3.63) is 16.1 Å². The van der Waals surface area contributed by atoms with E-state index in [-0.39, 0.29) is 12.3 Å². The SMILES string of the molecule is CCOC(=O)N1C(=O)N=C(C)C(C#N)C1c1scnc1C(F)(F)F. The Balaban J connectivity index is 2.63. The van der Waals surface area contributed by atoms with Crippen molar-refractivity contribution >= 4 is 29.2 Å². The first-order valence-electron chi connectivity index (χ1n) is 6.67. The fraction of sp³-hybridized carbons (Fsp3) is 0.462. The Morgan fingerprint density at radius 3 is 2.75 bits per heavy atom. The molecule has 0 saturated heterocycles. The van der Waals surface area contributed by atoms with E-state index in [2.05, 4.69) is 9.98 Å². The number of nitrogens with zero attached hydrogens (tertiary/aromatic N) is 4. The van der Waals surface area contributed by atoms with Crippen LogP contribution in [-0.2, 0) is 10.9 Å². The zero-order valence-corrected chi connectivity index (χ0v) is 13.3. The van der Waals surface area contributed by atoms with Gasteiger partial charge in [-0.1, -0.05) is 0 Å². The van der Waals surface area contributed by atoms with Gasteiger partial charge in [0.1, 0.15) is 12.0 Å². The molecule has 2 heterocycles. The molecule has 1 aromatic rings. The monoisotopic (exact) mass is 360 g/mol. The van der Waals surface area contributed by atoms with Crippen molar-refractivity contribution in [3.63, 3.8) is 0 Å². The first-order chi connectivity index (χ1) is 11.2. The number of ether oxygens (including phenoxy) is 1. The third-order valence-electron chi connectivity index (χ3n) is 3.26. The number of carbonyl (C=O) groups is 2. The number of thiazole rings is 1. The molecule has 1 aromatic heterocycles. The highest BCUT2D eigenvalue weighted by Gasteiger charge is 2.48. The Hall–Kier alpha value is -2.48. The Morgan fingerprint density at radius 1 is 1.54 bits per heavy atom. The molecule has 1 aliphatic heterocycles. The number of aromatic nitrogens is 1. The molecule has 11 heteroatoms. The molecule has 0 N–H and O–H groups in total. The van der Waals surface area contributed by atoms with Crippen LogP contribution in [0, 0.1) is 17.2 Å². The zero-order valence-electron chi connectivity index (χ0n) is 12.5. The van der Waals surface area contributed by atoms with Gasteiger partial charge in [0.15, 0.2) is 5.69 Å². The van der Waals surface area contributed by atoms with Gasteiger partial charge in [-0.2, -0.15) is 18.4 Å². The maximum absolute atomic E-state index is 13.1. The number of rotatable bonds is 2. The van der Waals surface area contributed by atoms with E-state index in [1.54, 1.807) is 6.07 Å². The smallest absolute Gasteiger partial charge is 0.434 e. The molecular formula is C13H11F3N4O3S. The Kier molecular flexibility index (Phi) is 4.88. The lowest BCUT2D eigenvalue weighted by atomic mass is 9.91. The minimum Gasteiger partial charge on any atom is -0.449 e. The predicted octanol–water partition coefficient (Wildman–Crippen LogP) is 3.40. The van der Waals surface area contributed by atoms with Crippen LogP contribution in [0.2, 0.25) is 0 Å². The van der Waals surface area contributed by atoms with Crippen molar-refractivity contribution in [3.8, 4) is 6.07 Å². The number of urea groups is 1. The highest BCUT2D eigenvalue weighted by molar-refractivity contribution is 7.09. The fourth-order valence-corrected chi connectivity index (χ4v) is 3.20. The van der Waals surface area contributed by atoms with Crippen LogP contribution in [0.3, 0.4) is 0 Å². The minimum atomic E-state index is -4.79. The van der Waals surface area contributed by atoms with Crippen LogP contribution in [-0.4, -0.2) is 34.3 Å². The fourth-order valence-electron chi connectivity index (χ4n) is 2.27. The van der Waals surface area contributed by atoms with Crippen molar-refractivity contribution in [2.45, 2.75) is 26.1 Å². The molecule has 0 saturated carbocycles. The van der Waals surface area contributed by atoms with E-state index in [0.29, 0.717) is 16.2 Å². The number of carbonyl (C=O) groups excluding carboxylic acids is 2. The molecule has 0 fully saturated rings. The van der Waals surface area contributed by atoms with E-state index < -0.39 is 40.8 Å². The molecule has 24 heavy (non-hydrogen) atoms. The van der Waals surface area contributed by atoms with Crippen LogP contribution in [0.15, 0.2) is 10.5 Å². The average Bonchev–Trinajstić information content (AvgIpc) is 2.95. The van der Waals surface area contributed by atoms with Gasteiger partial charge in [0.25, 0.3) is 0 Å². The van der Waals surface area contributed by atoms with E-state index in [1.165, 1.54) is 13.8 Å². The second-order valence-corrected chi connectivity index (χ2v) is 5.61. The molecule has 128 valence electrons. The van der Waals surface area contributed by atoms with Gasteiger partial charge in [0, 0.05) is 5.71 Å². The lowest BCUT2D eigenvalue weighted by Gasteiger charge is -2.34. The van der Waals surface area contributed by atoms with E-state index in [9.17, 15) is 28.0 Å². The standard InChI is InChI=1S/C13H11F3N4O3S/c1-3-23-12(22)20-8(7(4-17)6(2)19-11(20)21)9-10(13(14,15)16)18-5-24-9/h5,7-8H,3H2,1-2H3. The number of hydrogen-bond donors (Lipinski definition) is 0. The highest BCUT2D eigenvalue weighted by atomic mass is 32.1. The second kappa shape index (κ2) is 6.56. The van der Waals surface area contributed by atoms with Crippen molar-refractivity contribution in [2.75, 3.05) is 6.61 Å². The lowest BCUT2D eigenvalue weighted by molar-refractivity contribution is -0.141. The largest absolute Gasteiger partial charge is 0.449 e. The first-order valence-corrected chi connectivity index (χ1v) is 7.55. The van der Waals surface area contributed by atoms with Crippen molar-refractivity contribution < 1.29 is 27.5 Å². The van der Waals surface area contributed by atoms with Gasteiger partial charge < -0.3 is 4.74 Å². The molecule has 0 spiro atoms. The summed E-state index contributed by atoms with van der Waals surface area (Å²) in [6.45, 7) is 2.73. The van der Waals surface area contributed by atoms with Crippen molar-refractivity contribution in [1.29, 1.82) is 5.26 Å². The van der Waals surface area contributed by atoms with Crippen LogP contribution in [0.4, 0.5) is 22.8 Å². The number of nitriles is 1. The van der Waals surface area contributed by atoms with E-state index in [1.807, 2.05) is 0 Å². The highest BCUT2D eigenvalue weighted by Crippen LogP contribution is 2.42. The molecule has 2 rings (SSSR count). The summed E-state index contributed by atoms with van der Waals surface area (Å²) in [5, 5.41) is 9.32. The summed E-state index contributed by atoms with van der Waals surface area (Å²) in [5.41, 5.74) is -0.272. The van der Waals surface area contributed by atoms with E-state index >= 15 is 0 Å². The molecule has 0 aliphatic carbocycles. The van der Waals surface area contributed by atoms with E-state index in [4.69, 9.17) is 4.74 Å². The topological polar surface area (TPSA) is 95.6 Å². The van der Waals surface area contributed by atoms with Crippen LogP contribution in [0.25, 0.3) is 0 Å². The molecule has 2 atom stereocenters. The first kappa shape index (κ1) is 17.9. The summed E-state index contributed by atoms with van der Waals surface area (Å²) in [7, 11) is 0. The number of hydrogen-bond acceptors (Lipinski definition) is 6. The second-order valence-electron chi connectivity index (χ2n) is 4.72. The summed E-state index contributed by atoms with van der Waals surface area (Å²) in [6.07, 6.45) is -5.95. The Morgan fingerprint density at radius 2 is 2.21 bits per heavy atom. The molecule has 0 radical (unpaired) electrons. The third-order valence-corrected chi connectivity index (χ3v) is 4.16. The van der Waals surface area contributed by atoms with Crippen LogP contribution in [0.5, 0.6) is 0 Å². The maximum atomic E-state index is 13.1. The molecule has 1 aliphatic rings. The molecule has 0 bridgehead atoms. The summed E-state index contributed by atoms with van der Waals surface area (Å²) in [4.78, 5) is 31.0. The summed E-state index contributed by atoms with van der Waals surface area (Å²) < 4.78 is 44.2. The summed E-state index contributed by atoms with van der Waals surface area (Å²) in [5.74, 6) is -1.23. The van der Waals surface area contributed by atoms with Crippen LogP contribution < -0.4 is 0 Å². The average molecular weight is 360 g/mol. The number of amides is 3. The number of aliphatic imine (C=N–C) groups is 1. The van der Waals surface area contributed by atoms with Crippen LogP contribution >= 0.6 is 11.3 Å². The lowest BCUT2D eigenvalue weighted by Crippen LogP contribution is -2.47. The summed E-state index contributed by atoms with van der Waals surface area (Å²) >= 11 is 0.606. The van der Waals surface area contributed by atoms with Gasteiger partial charge in [-0.15, -0.1) is 11.3 Å².